The molecule has 0 saturated carbocycles. The van der Waals surface area contributed by atoms with Crippen LogP contribution < -0.4 is 5.32 Å². The van der Waals surface area contributed by atoms with Crippen LogP contribution in [0, 0.1) is 11.8 Å². The van der Waals surface area contributed by atoms with Crippen LogP contribution in [-0.2, 0) is 14.4 Å². The zero-order valence-electron chi connectivity index (χ0n) is 12.3. The van der Waals surface area contributed by atoms with Crippen LogP contribution in [-0.4, -0.2) is 46.9 Å². The van der Waals surface area contributed by atoms with Crippen LogP contribution in [0.5, 0.6) is 0 Å². The maximum Gasteiger partial charge on any atom is 0.307 e. The third-order valence-electron chi connectivity index (χ3n) is 3.36. The lowest BCUT2D eigenvalue weighted by Gasteiger charge is -2.25. The van der Waals surface area contributed by atoms with E-state index in [1.165, 1.54) is 6.92 Å². The number of carboxylic acid groups (broad SMARTS) is 1. The quantitative estimate of drug-likeness (QED) is 0.715. The van der Waals surface area contributed by atoms with Gasteiger partial charge in [-0.15, -0.1) is 0 Å². The second kappa shape index (κ2) is 7.76. The highest BCUT2D eigenvalue weighted by Gasteiger charge is 2.28. The van der Waals surface area contributed by atoms with Gasteiger partial charge in [0.1, 0.15) is 6.04 Å². The van der Waals surface area contributed by atoms with Crippen molar-refractivity contribution in [3.8, 4) is 0 Å². The molecule has 0 aromatic heterocycles. The molecule has 6 heteroatoms. The van der Waals surface area contributed by atoms with Crippen LogP contribution in [0.25, 0.3) is 0 Å². The van der Waals surface area contributed by atoms with E-state index in [0.29, 0.717) is 13.1 Å². The molecule has 0 bridgehead atoms. The summed E-state index contributed by atoms with van der Waals surface area (Å²) < 4.78 is 0. The van der Waals surface area contributed by atoms with Crippen LogP contribution in [0.3, 0.4) is 0 Å². The predicted octanol–water partition coefficient (Wildman–Crippen LogP) is 0.716. The van der Waals surface area contributed by atoms with Crippen molar-refractivity contribution in [2.75, 3.05) is 13.1 Å². The Balaban J connectivity index is 4.56. The van der Waals surface area contributed by atoms with Gasteiger partial charge in [0.05, 0.1) is 5.92 Å². The van der Waals surface area contributed by atoms with E-state index >= 15 is 0 Å². The van der Waals surface area contributed by atoms with Crippen molar-refractivity contribution < 1.29 is 19.5 Å². The number of nitrogens with one attached hydrogen (secondary N) is 1. The molecule has 0 radical (unpaired) electrons. The summed E-state index contributed by atoms with van der Waals surface area (Å²) in [6.07, 6.45) is 0. The topological polar surface area (TPSA) is 86.7 Å². The lowest BCUT2D eigenvalue weighted by atomic mass is 9.95. The third kappa shape index (κ3) is 4.89. The molecular weight excluding hydrogens is 248 g/mol. The summed E-state index contributed by atoms with van der Waals surface area (Å²) in [5.74, 6) is -3.05. The summed E-state index contributed by atoms with van der Waals surface area (Å²) in [4.78, 5) is 36.3. The average Bonchev–Trinajstić information content (AvgIpc) is 2.37. The number of aliphatic carboxylic acids is 1. The van der Waals surface area contributed by atoms with Gasteiger partial charge in [-0.3, -0.25) is 14.4 Å². The van der Waals surface area contributed by atoms with Crippen molar-refractivity contribution in [2.24, 2.45) is 11.8 Å². The first kappa shape index (κ1) is 17.4. The Morgan fingerprint density at radius 1 is 1.05 bits per heavy atom. The Labute approximate surface area is 114 Å². The molecule has 0 heterocycles. The van der Waals surface area contributed by atoms with E-state index in [1.54, 1.807) is 18.7 Å². The molecule has 0 rings (SSSR count). The van der Waals surface area contributed by atoms with Gasteiger partial charge in [-0.25, -0.2) is 0 Å². The standard InChI is InChI=1S/C13H24N2O4/c1-6-15(7-2)12(17)10(5)14-11(16)8(3)9(4)13(18)19/h8-10H,6-7H2,1-5H3,(H,14,16)(H,18,19). The average molecular weight is 272 g/mol. The lowest BCUT2D eigenvalue weighted by Crippen LogP contribution is -2.49. The number of carbonyl (C=O) groups is 3. The minimum absolute atomic E-state index is 0.159. The van der Waals surface area contributed by atoms with Crippen molar-refractivity contribution in [3.63, 3.8) is 0 Å². The zero-order chi connectivity index (χ0) is 15.2. The van der Waals surface area contributed by atoms with Gasteiger partial charge in [0.25, 0.3) is 0 Å². The van der Waals surface area contributed by atoms with Gasteiger partial charge in [-0.1, -0.05) is 13.8 Å². The van der Waals surface area contributed by atoms with Crippen molar-refractivity contribution >= 4 is 17.8 Å². The maximum atomic E-state index is 12.0. The molecule has 0 spiro atoms. The number of hydrogen-bond acceptors (Lipinski definition) is 3. The monoisotopic (exact) mass is 272 g/mol. The Kier molecular flexibility index (Phi) is 7.11. The first-order valence-corrected chi connectivity index (χ1v) is 6.58. The highest BCUT2D eigenvalue weighted by Crippen LogP contribution is 2.11. The highest BCUT2D eigenvalue weighted by molar-refractivity contribution is 5.89. The number of nitrogens with zero attached hydrogens (tertiary/aromatic N) is 1. The predicted molar refractivity (Wildman–Crippen MR) is 71.5 cm³/mol. The van der Waals surface area contributed by atoms with Crippen molar-refractivity contribution in [1.29, 1.82) is 0 Å². The van der Waals surface area contributed by atoms with E-state index in [-0.39, 0.29) is 5.91 Å². The normalized spacial score (nSPS) is 15.2. The van der Waals surface area contributed by atoms with E-state index in [1.807, 2.05) is 13.8 Å². The van der Waals surface area contributed by atoms with E-state index in [9.17, 15) is 14.4 Å². The summed E-state index contributed by atoms with van der Waals surface area (Å²) in [5, 5.41) is 11.4. The van der Waals surface area contributed by atoms with E-state index < -0.39 is 29.8 Å². The number of rotatable bonds is 7. The molecule has 0 aromatic rings. The van der Waals surface area contributed by atoms with Crippen molar-refractivity contribution in [1.82, 2.24) is 10.2 Å². The minimum atomic E-state index is -1.02. The Morgan fingerprint density at radius 2 is 1.53 bits per heavy atom. The van der Waals surface area contributed by atoms with Gasteiger partial charge in [-0.05, 0) is 20.8 Å². The summed E-state index contributed by atoms with van der Waals surface area (Å²) in [7, 11) is 0. The van der Waals surface area contributed by atoms with Gasteiger partial charge in [0.2, 0.25) is 11.8 Å². The number of carbonyl (C=O) groups excluding carboxylic acids is 2. The van der Waals surface area contributed by atoms with E-state index in [2.05, 4.69) is 5.32 Å². The lowest BCUT2D eigenvalue weighted by molar-refractivity contribution is -0.146. The molecule has 2 N–H and O–H groups in total. The molecule has 2 amide bonds. The second-order valence-corrected chi connectivity index (χ2v) is 4.66. The largest absolute Gasteiger partial charge is 0.481 e. The molecule has 3 unspecified atom stereocenters. The minimum Gasteiger partial charge on any atom is -0.481 e. The molecule has 0 aliphatic carbocycles. The molecule has 0 fully saturated rings. The van der Waals surface area contributed by atoms with Crippen molar-refractivity contribution in [2.45, 2.75) is 40.7 Å². The summed E-state index contributed by atoms with van der Waals surface area (Å²) in [6, 6.07) is -0.643. The molecular formula is C13H24N2O4. The smallest absolute Gasteiger partial charge is 0.307 e. The van der Waals surface area contributed by atoms with Gasteiger partial charge in [-0.2, -0.15) is 0 Å². The van der Waals surface area contributed by atoms with Crippen molar-refractivity contribution in [3.05, 3.63) is 0 Å². The fraction of sp³-hybridized carbons (Fsp3) is 0.769. The number of carboxylic acids is 1. The molecule has 3 atom stereocenters. The van der Waals surface area contributed by atoms with Gasteiger partial charge >= 0.3 is 5.97 Å². The first-order valence-electron chi connectivity index (χ1n) is 6.58. The fourth-order valence-electron chi connectivity index (χ4n) is 1.66. The summed E-state index contributed by atoms with van der Waals surface area (Å²) >= 11 is 0. The van der Waals surface area contributed by atoms with Crippen LogP contribution >= 0.6 is 0 Å². The number of amides is 2. The highest BCUT2D eigenvalue weighted by atomic mass is 16.4. The second-order valence-electron chi connectivity index (χ2n) is 4.66. The van der Waals surface area contributed by atoms with Gasteiger partial charge in [0, 0.05) is 19.0 Å². The third-order valence-corrected chi connectivity index (χ3v) is 3.36. The molecule has 0 aliphatic rings. The Morgan fingerprint density at radius 3 is 1.89 bits per heavy atom. The summed E-state index contributed by atoms with van der Waals surface area (Å²) in [6.45, 7) is 9.52. The van der Waals surface area contributed by atoms with Crippen LogP contribution in [0.4, 0.5) is 0 Å². The van der Waals surface area contributed by atoms with Crippen LogP contribution in [0.1, 0.15) is 34.6 Å². The molecule has 0 aliphatic heterocycles. The van der Waals surface area contributed by atoms with Crippen LogP contribution in [0.15, 0.2) is 0 Å². The molecule has 0 aromatic carbocycles. The fourth-order valence-corrected chi connectivity index (χ4v) is 1.66. The maximum absolute atomic E-state index is 12.0. The number of hydrogen-bond donors (Lipinski definition) is 2. The SMILES string of the molecule is CCN(CC)C(=O)C(C)NC(=O)C(C)C(C)C(=O)O. The van der Waals surface area contributed by atoms with Gasteiger partial charge in [0.15, 0.2) is 0 Å². The molecule has 6 nitrogen and oxygen atoms in total. The number of likely N-dealkylation sites (N-methyl/N-ethyl adjacent to an activating group) is 1. The Bertz CT molecular complexity index is 340. The van der Waals surface area contributed by atoms with Gasteiger partial charge < -0.3 is 15.3 Å². The molecule has 110 valence electrons. The van der Waals surface area contributed by atoms with E-state index in [0.717, 1.165) is 0 Å². The Hall–Kier alpha value is -1.59. The summed E-state index contributed by atoms with van der Waals surface area (Å²) in [5.41, 5.74) is 0. The van der Waals surface area contributed by atoms with E-state index in [4.69, 9.17) is 5.11 Å². The first-order chi connectivity index (χ1) is 8.76. The van der Waals surface area contributed by atoms with Crippen LogP contribution in [0.2, 0.25) is 0 Å². The molecule has 0 saturated heterocycles. The zero-order valence-corrected chi connectivity index (χ0v) is 12.3. The molecule has 19 heavy (non-hydrogen) atoms.